The molecule has 0 saturated carbocycles. The van der Waals surface area contributed by atoms with E-state index in [1.807, 2.05) is 30.3 Å². The van der Waals surface area contributed by atoms with Crippen LogP contribution in [0.4, 0.5) is 0 Å². The first-order valence-electron chi connectivity index (χ1n) is 16.9. The average molecular weight is 643 g/mol. The van der Waals surface area contributed by atoms with Crippen LogP contribution in [-0.2, 0) is 0 Å². The molecule has 50 heavy (non-hydrogen) atoms. The molecular weight excluding hydrogens is 613 g/mol. The summed E-state index contributed by atoms with van der Waals surface area (Å²) >= 11 is 0. The topological polar surface area (TPSA) is 54.8 Å². The second-order valence-corrected chi connectivity index (χ2v) is 12.7. The molecule has 0 amide bonds. The van der Waals surface area contributed by atoms with Crippen molar-refractivity contribution >= 4 is 55.5 Å². The van der Waals surface area contributed by atoms with Gasteiger partial charge in [-0.15, -0.1) is 0 Å². The number of hydrogen-bond acceptors (Lipinski definition) is 4. The van der Waals surface area contributed by atoms with E-state index < -0.39 is 0 Å². The second-order valence-electron chi connectivity index (χ2n) is 12.7. The maximum atomic E-state index is 6.69. The lowest BCUT2D eigenvalue weighted by Gasteiger charge is -2.24. The van der Waals surface area contributed by atoms with Gasteiger partial charge in [-0.2, -0.15) is 4.99 Å². The summed E-state index contributed by atoms with van der Waals surface area (Å²) < 4.78 is 8.91. The minimum absolute atomic E-state index is 0.361. The first-order valence-corrected chi connectivity index (χ1v) is 16.9. The van der Waals surface area contributed by atoms with Gasteiger partial charge in [-0.05, 0) is 63.5 Å². The zero-order chi connectivity index (χ0) is 33.0. The van der Waals surface area contributed by atoms with Crippen LogP contribution < -0.4 is 5.32 Å². The van der Waals surface area contributed by atoms with Gasteiger partial charge in [-0.1, -0.05) is 140 Å². The lowest BCUT2D eigenvalue weighted by atomic mass is 9.98. The average Bonchev–Trinajstić information content (AvgIpc) is 3.46. The van der Waals surface area contributed by atoms with Crippen LogP contribution in [0.2, 0.25) is 0 Å². The van der Waals surface area contributed by atoms with Crippen LogP contribution in [0.5, 0.6) is 0 Å². The van der Waals surface area contributed by atoms with Gasteiger partial charge in [-0.25, -0.2) is 4.99 Å². The molecule has 10 rings (SSSR count). The van der Waals surface area contributed by atoms with Gasteiger partial charge in [0.25, 0.3) is 0 Å². The van der Waals surface area contributed by atoms with E-state index in [1.54, 1.807) is 0 Å². The molecule has 0 radical (unpaired) electrons. The van der Waals surface area contributed by atoms with Gasteiger partial charge in [0.15, 0.2) is 0 Å². The van der Waals surface area contributed by atoms with E-state index in [-0.39, 0.29) is 6.17 Å². The molecule has 2 aromatic heterocycles. The number of amidine groups is 1. The fourth-order valence-corrected chi connectivity index (χ4v) is 7.30. The SMILES string of the molecule is c1ccc(C2=NC(n3c4cccc5oc6ccccc6c6cc(-c7ccccc7)cc3c6c54)=NC(c3ccc(-c4ccccc4)cc3)N2)cc1. The van der Waals surface area contributed by atoms with Crippen molar-refractivity contribution in [2.24, 2.45) is 9.98 Å². The molecule has 1 atom stereocenters. The van der Waals surface area contributed by atoms with E-state index in [2.05, 4.69) is 149 Å². The molecule has 3 heterocycles. The number of rotatable bonds is 4. The van der Waals surface area contributed by atoms with Crippen molar-refractivity contribution in [2.75, 3.05) is 0 Å². The van der Waals surface area contributed by atoms with Gasteiger partial charge in [0.05, 0.1) is 16.4 Å². The van der Waals surface area contributed by atoms with Crippen LogP contribution in [0.15, 0.2) is 184 Å². The normalized spacial score (nSPS) is 14.6. The van der Waals surface area contributed by atoms with Crippen LogP contribution >= 0.6 is 0 Å². The summed E-state index contributed by atoms with van der Waals surface area (Å²) in [4.78, 5) is 10.6. The van der Waals surface area contributed by atoms with E-state index in [1.165, 1.54) is 5.56 Å². The minimum atomic E-state index is -0.361. The first-order chi connectivity index (χ1) is 24.8. The van der Waals surface area contributed by atoms with E-state index in [0.29, 0.717) is 5.96 Å². The first kappa shape index (κ1) is 28.3. The number of aliphatic imine (C=N–C) groups is 2. The zero-order valence-corrected chi connectivity index (χ0v) is 27.0. The number of nitrogens with one attached hydrogen (secondary N) is 1. The third-order valence-corrected chi connectivity index (χ3v) is 9.67. The maximum absolute atomic E-state index is 6.69. The van der Waals surface area contributed by atoms with Gasteiger partial charge >= 0.3 is 0 Å². The predicted molar refractivity (Wildman–Crippen MR) is 206 cm³/mol. The van der Waals surface area contributed by atoms with Crippen molar-refractivity contribution in [1.29, 1.82) is 0 Å². The summed E-state index contributed by atoms with van der Waals surface area (Å²) in [6.07, 6.45) is -0.361. The molecule has 5 nitrogen and oxygen atoms in total. The van der Waals surface area contributed by atoms with Crippen molar-refractivity contribution in [2.45, 2.75) is 6.17 Å². The summed E-state index contributed by atoms with van der Waals surface area (Å²) in [5.41, 5.74) is 10.3. The fraction of sp³-hybridized carbons (Fsp3) is 0.0222. The molecule has 1 unspecified atom stereocenters. The zero-order valence-electron chi connectivity index (χ0n) is 27.0. The Hall–Kier alpha value is -6.72. The molecule has 1 N–H and O–H groups in total. The lowest BCUT2D eigenvalue weighted by Crippen LogP contribution is -2.35. The Labute approximate surface area is 288 Å². The summed E-state index contributed by atoms with van der Waals surface area (Å²) in [5, 5.41) is 8.01. The third-order valence-electron chi connectivity index (χ3n) is 9.67. The van der Waals surface area contributed by atoms with Crippen molar-refractivity contribution in [3.05, 3.63) is 181 Å². The summed E-state index contributed by atoms with van der Waals surface area (Å²) in [6, 6.07) is 59.1. The standard InChI is InChI=1S/C45H30N4O/c1-4-13-29(14-5-1)31-23-25-33(26-24-31)44-46-43(32-17-8-3-9-18-32)47-45(48-44)49-37-20-12-22-40-42(37)41-36(35-19-10-11-21-39(35)50-40)27-34(28-38(41)49)30-15-6-2-7-16-30/h1-28,44H,(H,46,47,48). The molecular formula is C45H30N4O. The van der Waals surface area contributed by atoms with Gasteiger partial charge in [0, 0.05) is 16.3 Å². The Kier molecular flexibility index (Phi) is 6.49. The van der Waals surface area contributed by atoms with Crippen LogP contribution in [0.25, 0.3) is 66.0 Å². The highest BCUT2D eigenvalue weighted by Crippen LogP contribution is 2.42. The molecule has 9 aromatic rings. The van der Waals surface area contributed by atoms with Crippen LogP contribution in [0.1, 0.15) is 17.3 Å². The number of nitrogens with zero attached hydrogens (tertiary/aromatic N) is 3. The molecule has 0 spiro atoms. The highest BCUT2D eigenvalue weighted by molar-refractivity contribution is 6.29. The van der Waals surface area contributed by atoms with E-state index in [4.69, 9.17) is 14.4 Å². The minimum Gasteiger partial charge on any atom is -0.456 e. The number of benzene rings is 7. The Balaban J connectivity index is 1.26. The van der Waals surface area contributed by atoms with E-state index >= 15 is 0 Å². The Morgan fingerprint density at radius 3 is 1.84 bits per heavy atom. The summed E-state index contributed by atoms with van der Waals surface area (Å²) in [5.74, 6) is 1.38. The molecule has 0 aliphatic carbocycles. The lowest BCUT2D eigenvalue weighted by molar-refractivity contribution is 0.663. The Bertz CT molecular complexity index is 2760. The molecule has 1 aliphatic heterocycles. The molecule has 7 aromatic carbocycles. The Morgan fingerprint density at radius 1 is 0.480 bits per heavy atom. The highest BCUT2D eigenvalue weighted by atomic mass is 16.3. The van der Waals surface area contributed by atoms with Crippen LogP contribution in [0, 0.1) is 0 Å². The molecule has 0 bridgehead atoms. The smallest absolute Gasteiger partial charge is 0.234 e. The second kappa shape index (κ2) is 11.5. The van der Waals surface area contributed by atoms with Gasteiger partial charge in [-0.3, -0.25) is 4.57 Å². The maximum Gasteiger partial charge on any atom is 0.234 e. The summed E-state index contributed by atoms with van der Waals surface area (Å²) in [7, 11) is 0. The Morgan fingerprint density at radius 2 is 1.10 bits per heavy atom. The quantitative estimate of drug-likeness (QED) is 0.208. The third kappa shape index (κ3) is 4.63. The van der Waals surface area contributed by atoms with Crippen molar-refractivity contribution in [3.8, 4) is 22.3 Å². The monoisotopic (exact) mass is 642 g/mol. The highest BCUT2D eigenvalue weighted by Gasteiger charge is 2.26. The van der Waals surface area contributed by atoms with E-state index in [9.17, 15) is 0 Å². The molecule has 0 saturated heterocycles. The van der Waals surface area contributed by atoms with E-state index in [0.717, 1.165) is 77.4 Å². The number of para-hydroxylation sites is 1. The van der Waals surface area contributed by atoms with Crippen molar-refractivity contribution < 1.29 is 4.42 Å². The molecule has 236 valence electrons. The van der Waals surface area contributed by atoms with Crippen LogP contribution in [-0.4, -0.2) is 16.4 Å². The van der Waals surface area contributed by atoms with Crippen molar-refractivity contribution in [3.63, 3.8) is 0 Å². The summed E-state index contributed by atoms with van der Waals surface area (Å²) in [6.45, 7) is 0. The van der Waals surface area contributed by atoms with Crippen LogP contribution in [0.3, 0.4) is 0 Å². The molecule has 5 heteroatoms. The molecule has 1 aliphatic rings. The molecule has 0 fully saturated rings. The van der Waals surface area contributed by atoms with Gasteiger partial charge in [0.1, 0.15) is 23.2 Å². The van der Waals surface area contributed by atoms with Gasteiger partial charge < -0.3 is 9.73 Å². The number of aromatic nitrogens is 1. The number of fused-ring (bicyclic) bond motifs is 2. The fourth-order valence-electron chi connectivity index (χ4n) is 7.30. The largest absolute Gasteiger partial charge is 0.456 e. The van der Waals surface area contributed by atoms with Crippen molar-refractivity contribution in [1.82, 2.24) is 9.88 Å². The van der Waals surface area contributed by atoms with Gasteiger partial charge in [0.2, 0.25) is 5.96 Å². The number of hydrogen-bond donors (Lipinski definition) is 1. The predicted octanol–water partition coefficient (Wildman–Crippen LogP) is 11.0.